The molecule has 0 aromatic rings. The van der Waals surface area contributed by atoms with Crippen LogP contribution < -0.4 is 26.8 Å². The lowest BCUT2D eigenvalue weighted by Crippen LogP contribution is -2.75. The average molecular weight is 605 g/mol. The van der Waals surface area contributed by atoms with E-state index in [4.69, 9.17) is 14.2 Å². The lowest BCUT2D eigenvalue weighted by atomic mass is 9.89. The van der Waals surface area contributed by atoms with Gasteiger partial charge in [-0.25, -0.2) is 13.8 Å². The van der Waals surface area contributed by atoms with E-state index in [0.717, 1.165) is 84.1 Å². The second kappa shape index (κ2) is 14.6. The molecule has 0 aromatic carbocycles. The van der Waals surface area contributed by atoms with E-state index in [1.165, 1.54) is 0 Å². The third-order valence-corrected chi connectivity index (χ3v) is 13.4. The van der Waals surface area contributed by atoms with Crippen molar-refractivity contribution in [1.29, 1.82) is 0 Å². The second-order valence-corrected chi connectivity index (χ2v) is 16.1. The van der Waals surface area contributed by atoms with Crippen molar-refractivity contribution in [2.45, 2.75) is 117 Å². The summed E-state index contributed by atoms with van der Waals surface area (Å²) in [6, 6.07) is 0.410. The molecule has 0 amide bonds. The maximum absolute atomic E-state index is 13.3. The maximum Gasteiger partial charge on any atom is 0.153 e. The Hall–Kier alpha value is -0.0600. The molecule has 40 heavy (non-hydrogen) atoms. The highest BCUT2D eigenvalue weighted by Gasteiger charge is 2.43. The Morgan fingerprint density at radius 1 is 0.950 bits per heavy atom. The van der Waals surface area contributed by atoms with Gasteiger partial charge in [0, 0.05) is 38.6 Å². The molecule has 3 saturated heterocycles. The van der Waals surface area contributed by atoms with Crippen molar-refractivity contribution in [2.75, 3.05) is 46.3 Å². The van der Waals surface area contributed by atoms with Crippen molar-refractivity contribution in [3.05, 3.63) is 0 Å². The van der Waals surface area contributed by atoms with Gasteiger partial charge < -0.3 is 14.2 Å². The van der Waals surface area contributed by atoms with Crippen LogP contribution >= 0.6 is 11.8 Å². The van der Waals surface area contributed by atoms with Crippen LogP contribution in [0.2, 0.25) is 0 Å². The first-order chi connectivity index (χ1) is 19.3. The molecule has 2 saturated carbocycles. The quantitative estimate of drug-likeness (QED) is 0.244. The summed E-state index contributed by atoms with van der Waals surface area (Å²) in [7, 11) is 0.486. The van der Waals surface area contributed by atoms with Crippen molar-refractivity contribution in [3.63, 3.8) is 0 Å². The molecule has 13 heteroatoms. The number of methoxy groups -OCH3 is 2. The highest BCUT2D eigenvalue weighted by Crippen LogP contribution is 2.36. The first kappa shape index (κ1) is 31.4. The van der Waals surface area contributed by atoms with Crippen LogP contribution in [0.4, 0.5) is 0 Å². The normalized spacial score (nSPS) is 42.2. The summed E-state index contributed by atoms with van der Waals surface area (Å²) in [5, 5.41) is 11.6. The number of thioether (sulfide) groups is 1. The first-order valence-electron chi connectivity index (χ1n) is 15.4. The van der Waals surface area contributed by atoms with E-state index in [1.54, 1.807) is 14.2 Å². The summed E-state index contributed by atoms with van der Waals surface area (Å²) < 4.78 is 43.8. The Morgan fingerprint density at radius 2 is 1.68 bits per heavy atom. The van der Waals surface area contributed by atoms with Gasteiger partial charge in [-0.3, -0.25) is 26.3 Å². The van der Waals surface area contributed by atoms with Crippen LogP contribution in [0.3, 0.4) is 0 Å². The van der Waals surface area contributed by atoms with Crippen LogP contribution in [0.25, 0.3) is 0 Å². The van der Waals surface area contributed by atoms with Gasteiger partial charge in [-0.05, 0) is 70.6 Å². The smallest absolute Gasteiger partial charge is 0.153 e. The highest BCUT2D eigenvalue weighted by molar-refractivity contribution is 8.00. The fraction of sp³-hybridized carbons (Fsp3) is 1.00. The van der Waals surface area contributed by atoms with Gasteiger partial charge in [0.1, 0.15) is 11.6 Å². The summed E-state index contributed by atoms with van der Waals surface area (Å²) in [4.78, 5) is 2.44. The number of nitrogens with one attached hydrogen (secondary N) is 5. The maximum atomic E-state index is 13.3. The molecule has 3 heterocycles. The summed E-state index contributed by atoms with van der Waals surface area (Å²) in [5.41, 5.74) is 6.71. The summed E-state index contributed by atoms with van der Waals surface area (Å²) in [5.74, 6) is 0.648. The van der Waals surface area contributed by atoms with Crippen LogP contribution in [-0.2, 0) is 24.0 Å². The molecule has 232 valence electrons. The molecule has 3 aliphatic heterocycles. The Bertz CT molecular complexity index is 881. The molecule has 11 nitrogen and oxygen atoms in total. The van der Waals surface area contributed by atoms with Gasteiger partial charge in [-0.15, -0.1) is 11.8 Å². The Labute approximate surface area is 245 Å². The fourth-order valence-corrected chi connectivity index (χ4v) is 10.8. The van der Waals surface area contributed by atoms with Crippen molar-refractivity contribution in [2.24, 2.45) is 5.92 Å². The van der Waals surface area contributed by atoms with Crippen molar-refractivity contribution >= 4 is 21.6 Å². The van der Waals surface area contributed by atoms with Gasteiger partial charge in [0.05, 0.1) is 48.8 Å². The first-order valence-corrected chi connectivity index (χ1v) is 18.0. The molecule has 5 aliphatic rings. The van der Waals surface area contributed by atoms with Gasteiger partial charge in [0.15, 0.2) is 9.84 Å². The van der Waals surface area contributed by atoms with Gasteiger partial charge in [0.25, 0.3) is 0 Å². The van der Waals surface area contributed by atoms with E-state index in [9.17, 15) is 8.42 Å². The van der Waals surface area contributed by atoms with Gasteiger partial charge in [0.2, 0.25) is 0 Å². The number of sulfone groups is 1. The largest absolute Gasteiger partial charge is 0.381 e. The van der Waals surface area contributed by atoms with Gasteiger partial charge >= 0.3 is 0 Å². The minimum Gasteiger partial charge on any atom is -0.381 e. The van der Waals surface area contributed by atoms with Crippen LogP contribution in [0.5, 0.6) is 0 Å². The number of hydrazine groups is 1. The van der Waals surface area contributed by atoms with Crippen molar-refractivity contribution < 1.29 is 22.6 Å². The number of rotatable bonds is 10. The molecular weight excluding hydrogens is 552 g/mol. The standard InChI is InChI=1S/C27H52N6O5S2/c1-18-16-23(32-31-18)28-25-24(37-3)26(33-12-14-38-15-13-33)30-27(29-25)39-21-8-10-22(11-9-21)40(34,35)17-19-4-6-20(36-2)7-5-19/h18-32H,4-17H2,1-3H3. The number of hydrogen-bond acceptors (Lipinski definition) is 12. The van der Waals surface area contributed by atoms with E-state index in [-0.39, 0.29) is 35.3 Å². The number of morpholine rings is 1. The van der Waals surface area contributed by atoms with Crippen LogP contribution in [-0.4, -0.2) is 112 Å². The lowest BCUT2D eigenvalue weighted by Gasteiger charge is -2.49. The van der Waals surface area contributed by atoms with E-state index < -0.39 is 9.84 Å². The van der Waals surface area contributed by atoms with Crippen molar-refractivity contribution in [1.82, 2.24) is 31.7 Å². The zero-order chi connectivity index (χ0) is 28.1. The number of hydrogen-bond donors (Lipinski definition) is 5. The zero-order valence-corrected chi connectivity index (χ0v) is 26.1. The van der Waals surface area contributed by atoms with E-state index in [1.807, 2.05) is 11.8 Å². The monoisotopic (exact) mass is 604 g/mol. The molecule has 5 fully saturated rings. The van der Waals surface area contributed by atoms with Crippen LogP contribution in [0.15, 0.2) is 0 Å². The Kier molecular flexibility index (Phi) is 11.5. The van der Waals surface area contributed by atoms with Crippen LogP contribution in [0, 0.1) is 5.92 Å². The minimum atomic E-state index is -3.06. The predicted molar refractivity (Wildman–Crippen MR) is 158 cm³/mol. The molecular formula is C27H52N6O5S2. The Balaban J connectivity index is 1.16. The predicted octanol–water partition coefficient (Wildman–Crippen LogP) is 0.929. The molecule has 5 rings (SSSR count). The molecule has 5 N–H and O–H groups in total. The topological polar surface area (TPSA) is 125 Å². The minimum absolute atomic E-state index is 0.0360. The van der Waals surface area contributed by atoms with Crippen molar-refractivity contribution in [3.8, 4) is 0 Å². The van der Waals surface area contributed by atoms with Crippen LogP contribution in [0.1, 0.15) is 64.7 Å². The highest BCUT2D eigenvalue weighted by atomic mass is 32.2. The number of nitrogens with zero attached hydrogens (tertiary/aromatic N) is 1. The third kappa shape index (κ3) is 8.10. The zero-order valence-electron chi connectivity index (χ0n) is 24.5. The molecule has 0 aromatic heterocycles. The summed E-state index contributed by atoms with van der Waals surface area (Å²) >= 11 is 1.91. The molecule has 2 aliphatic carbocycles. The lowest BCUT2D eigenvalue weighted by molar-refractivity contribution is -0.0828. The summed E-state index contributed by atoms with van der Waals surface area (Å²) in [6.07, 6.45) is 8.71. The molecule has 6 atom stereocenters. The van der Waals surface area contributed by atoms with E-state index in [2.05, 4.69) is 38.6 Å². The molecule has 0 bridgehead atoms. The third-order valence-electron chi connectivity index (χ3n) is 9.53. The Morgan fingerprint density at radius 3 is 2.30 bits per heavy atom. The SMILES string of the molecule is COC1CCC(CS(=O)(=O)C2CCC(SC3NC(NC4CC(C)NN4)C(OC)C(N4CCOCC4)N3)CC2)CC1. The second-order valence-electron chi connectivity index (χ2n) is 12.4. The van der Waals surface area contributed by atoms with E-state index >= 15 is 0 Å². The van der Waals surface area contributed by atoms with Gasteiger partial charge in [-0.2, -0.15) is 0 Å². The molecule has 0 radical (unpaired) electrons. The average Bonchev–Trinajstić information content (AvgIpc) is 3.38. The number of ether oxygens (including phenoxy) is 3. The molecule has 6 unspecified atom stereocenters. The molecule has 0 spiro atoms. The fourth-order valence-electron chi connectivity index (χ4n) is 7.15. The summed E-state index contributed by atoms with van der Waals surface area (Å²) in [6.45, 7) is 5.39. The van der Waals surface area contributed by atoms with E-state index in [0.29, 0.717) is 29.1 Å². The van der Waals surface area contributed by atoms with Gasteiger partial charge in [-0.1, -0.05) is 0 Å².